The molecule has 0 unspecified atom stereocenters. The van der Waals surface area contributed by atoms with Crippen molar-refractivity contribution < 1.29 is 4.18 Å². The fraction of sp³-hybridized carbons (Fsp3) is 1.00. The maximum absolute atomic E-state index is 4.44. The van der Waals surface area contributed by atoms with E-state index in [4.69, 9.17) is 0 Å². The predicted molar refractivity (Wildman–Crippen MR) is 33.1 cm³/mol. The predicted octanol–water partition coefficient (Wildman–Crippen LogP) is 1.56. The fourth-order valence-electron chi connectivity index (χ4n) is 0.121. The van der Waals surface area contributed by atoms with Crippen LogP contribution < -0.4 is 0 Å². The van der Waals surface area contributed by atoms with Crippen LogP contribution in [0.15, 0.2) is 0 Å². The zero-order valence-corrected chi connectivity index (χ0v) is 5.39. The van der Waals surface area contributed by atoms with Gasteiger partial charge in [0.05, 0.1) is 0 Å². The standard InChI is InChI=1S/C3H8OS2/c1-2-6-3-4-5/h5H,2-3H2,1H3. The van der Waals surface area contributed by atoms with Crippen LogP contribution in [0.25, 0.3) is 0 Å². The molecule has 38 valence electrons. The maximum atomic E-state index is 4.44. The van der Waals surface area contributed by atoms with Gasteiger partial charge in [0.2, 0.25) is 0 Å². The fourth-order valence-corrected chi connectivity index (χ4v) is 0.585. The molecule has 0 aliphatic heterocycles. The Morgan fingerprint density at radius 2 is 2.50 bits per heavy atom. The van der Waals surface area contributed by atoms with Crippen LogP contribution in [-0.2, 0) is 4.18 Å². The Morgan fingerprint density at radius 3 is 2.67 bits per heavy atom. The van der Waals surface area contributed by atoms with Crippen LogP contribution in [-0.4, -0.2) is 11.7 Å². The van der Waals surface area contributed by atoms with E-state index in [1.54, 1.807) is 11.8 Å². The molecule has 0 bridgehead atoms. The van der Waals surface area contributed by atoms with E-state index in [1.165, 1.54) is 0 Å². The van der Waals surface area contributed by atoms with Crippen LogP contribution in [0.5, 0.6) is 0 Å². The largest absolute Gasteiger partial charge is 0.308 e. The molecule has 0 aliphatic carbocycles. The third kappa shape index (κ3) is 4.66. The van der Waals surface area contributed by atoms with E-state index in [-0.39, 0.29) is 0 Å². The third-order valence-corrected chi connectivity index (χ3v) is 1.34. The van der Waals surface area contributed by atoms with Crippen LogP contribution >= 0.6 is 24.7 Å². The van der Waals surface area contributed by atoms with E-state index in [2.05, 4.69) is 24.0 Å². The van der Waals surface area contributed by atoms with Gasteiger partial charge in [-0.3, -0.25) is 0 Å². The highest BCUT2D eigenvalue weighted by molar-refractivity contribution is 7.99. The van der Waals surface area contributed by atoms with E-state index in [1.807, 2.05) is 0 Å². The van der Waals surface area contributed by atoms with E-state index in [9.17, 15) is 0 Å². The monoisotopic (exact) mass is 124 g/mol. The Balaban J connectivity index is 2.34. The molecule has 0 aliphatic rings. The minimum atomic E-state index is 0.694. The van der Waals surface area contributed by atoms with Crippen LogP contribution in [0.2, 0.25) is 0 Å². The summed E-state index contributed by atoms with van der Waals surface area (Å²) in [5.74, 6) is 1.79. The van der Waals surface area contributed by atoms with Gasteiger partial charge in [-0.2, -0.15) is 0 Å². The molecule has 1 nitrogen and oxygen atoms in total. The molecule has 0 saturated carbocycles. The summed E-state index contributed by atoms with van der Waals surface area (Å²) >= 11 is 5.24. The van der Waals surface area contributed by atoms with E-state index < -0.39 is 0 Å². The second-order valence-electron chi connectivity index (χ2n) is 0.740. The Hall–Kier alpha value is 0.660. The first-order valence-electron chi connectivity index (χ1n) is 1.76. The van der Waals surface area contributed by atoms with Crippen LogP contribution in [0.3, 0.4) is 0 Å². The van der Waals surface area contributed by atoms with Gasteiger partial charge in [0.25, 0.3) is 0 Å². The molecule has 0 aromatic heterocycles. The number of rotatable bonds is 3. The van der Waals surface area contributed by atoms with Crippen molar-refractivity contribution >= 4 is 24.7 Å². The summed E-state index contributed by atoms with van der Waals surface area (Å²) in [4.78, 5) is 0. The lowest BCUT2D eigenvalue weighted by atomic mass is 11.0. The lowest BCUT2D eigenvalue weighted by Crippen LogP contribution is -1.73. The molecule has 0 rings (SSSR count). The van der Waals surface area contributed by atoms with Crippen molar-refractivity contribution in [2.24, 2.45) is 0 Å². The Morgan fingerprint density at radius 1 is 1.83 bits per heavy atom. The molecule has 0 saturated heterocycles. The quantitative estimate of drug-likeness (QED) is 0.264. The highest BCUT2D eigenvalue weighted by Gasteiger charge is 1.75. The molecule has 0 aromatic carbocycles. The highest BCUT2D eigenvalue weighted by atomic mass is 32.2. The zero-order chi connectivity index (χ0) is 4.83. The van der Waals surface area contributed by atoms with Crippen molar-refractivity contribution in [3.05, 3.63) is 0 Å². The highest BCUT2D eigenvalue weighted by Crippen LogP contribution is 1.98. The molecule has 0 atom stereocenters. The minimum Gasteiger partial charge on any atom is -0.308 e. The average molecular weight is 124 g/mol. The third-order valence-electron chi connectivity index (χ3n) is 0.340. The second-order valence-corrected chi connectivity index (χ2v) is 2.22. The van der Waals surface area contributed by atoms with Gasteiger partial charge in [-0.25, -0.2) is 0 Å². The topological polar surface area (TPSA) is 9.23 Å². The van der Waals surface area contributed by atoms with Crippen LogP contribution in [0.1, 0.15) is 6.92 Å². The summed E-state index contributed by atoms with van der Waals surface area (Å²) in [6, 6.07) is 0. The van der Waals surface area contributed by atoms with E-state index in [0.717, 1.165) is 5.75 Å². The van der Waals surface area contributed by atoms with Crippen molar-refractivity contribution in [2.75, 3.05) is 11.7 Å². The van der Waals surface area contributed by atoms with Gasteiger partial charge in [-0.15, -0.1) is 11.8 Å². The second kappa shape index (κ2) is 5.66. The smallest absolute Gasteiger partial charge is 0.106 e. The molecule has 0 radical (unpaired) electrons. The maximum Gasteiger partial charge on any atom is 0.106 e. The molecule has 0 heterocycles. The Labute approximate surface area is 48.1 Å². The molecule has 0 fully saturated rings. The summed E-state index contributed by atoms with van der Waals surface area (Å²) in [7, 11) is 0. The molecular weight excluding hydrogens is 116 g/mol. The molecule has 0 spiro atoms. The number of hydrogen-bond acceptors (Lipinski definition) is 3. The van der Waals surface area contributed by atoms with E-state index in [0.29, 0.717) is 5.94 Å². The first-order chi connectivity index (χ1) is 2.91. The summed E-state index contributed by atoms with van der Waals surface area (Å²) in [6.07, 6.45) is 0. The van der Waals surface area contributed by atoms with Gasteiger partial charge in [0.15, 0.2) is 0 Å². The van der Waals surface area contributed by atoms with E-state index >= 15 is 0 Å². The molecule has 0 N–H and O–H groups in total. The molecule has 0 amide bonds. The first kappa shape index (κ1) is 6.66. The Bertz CT molecular complexity index is 20.8. The van der Waals surface area contributed by atoms with Crippen molar-refractivity contribution in [1.82, 2.24) is 0 Å². The summed E-state index contributed by atoms with van der Waals surface area (Å²) in [5.41, 5.74) is 0. The number of hydrogen-bond donors (Lipinski definition) is 1. The molecular formula is C3H8OS2. The van der Waals surface area contributed by atoms with Crippen molar-refractivity contribution in [1.29, 1.82) is 0 Å². The number of thiol groups is 1. The van der Waals surface area contributed by atoms with Gasteiger partial charge in [0, 0.05) is 0 Å². The lowest BCUT2D eigenvalue weighted by molar-refractivity contribution is 0.474. The van der Waals surface area contributed by atoms with Crippen molar-refractivity contribution in [2.45, 2.75) is 6.92 Å². The minimum absolute atomic E-state index is 0.694. The van der Waals surface area contributed by atoms with Crippen molar-refractivity contribution in [3.8, 4) is 0 Å². The van der Waals surface area contributed by atoms with Crippen LogP contribution in [0, 0.1) is 0 Å². The van der Waals surface area contributed by atoms with Gasteiger partial charge in [-0.1, -0.05) is 6.92 Å². The van der Waals surface area contributed by atoms with Gasteiger partial charge >= 0.3 is 0 Å². The summed E-state index contributed by atoms with van der Waals surface area (Å²) in [5, 5.41) is 0. The zero-order valence-electron chi connectivity index (χ0n) is 3.68. The lowest BCUT2D eigenvalue weighted by Gasteiger charge is -1.88. The normalized spacial score (nSPS) is 9.00. The van der Waals surface area contributed by atoms with Gasteiger partial charge < -0.3 is 4.18 Å². The number of thioether (sulfide) groups is 1. The molecule has 3 heteroatoms. The van der Waals surface area contributed by atoms with Crippen LogP contribution in [0.4, 0.5) is 0 Å². The summed E-state index contributed by atoms with van der Waals surface area (Å²) < 4.78 is 4.44. The SMILES string of the molecule is CCSCOS. The van der Waals surface area contributed by atoms with Gasteiger partial charge in [0.1, 0.15) is 5.94 Å². The average Bonchev–Trinajstić information content (AvgIpc) is 1.61. The van der Waals surface area contributed by atoms with Crippen molar-refractivity contribution in [3.63, 3.8) is 0 Å². The first-order valence-corrected chi connectivity index (χ1v) is 3.28. The summed E-state index contributed by atoms with van der Waals surface area (Å²) in [6.45, 7) is 2.08. The molecule has 0 aromatic rings. The van der Waals surface area contributed by atoms with Gasteiger partial charge in [-0.05, 0) is 18.7 Å². The molecule has 6 heavy (non-hydrogen) atoms. The Kier molecular flexibility index (Phi) is 6.28.